The molecule has 1 aliphatic rings. The van der Waals surface area contributed by atoms with E-state index in [1.165, 1.54) is 12.8 Å². The summed E-state index contributed by atoms with van der Waals surface area (Å²) in [5.74, 6) is 0.862. The van der Waals surface area contributed by atoms with Crippen LogP contribution in [0.2, 0.25) is 0 Å². The molecule has 2 nitrogen and oxygen atoms in total. The minimum atomic E-state index is -2.78. The smallest absolute Gasteiger partial charge is 0.158 e. The lowest BCUT2D eigenvalue weighted by Gasteiger charge is -2.23. The second-order valence-electron chi connectivity index (χ2n) is 3.98. The third kappa shape index (κ3) is 3.82. The van der Waals surface area contributed by atoms with E-state index in [4.69, 9.17) is 0 Å². The summed E-state index contributed by atoms with van der Waals surface area (Å²) >= 11 is 0. The molecule has 6 atom stereocenters. The molecular formula is C8H20O2P4S. The lowest BCUT2D eigenvalue weighted by atomic mass is 10.0. The van der Waals surface area contributed by atoms with Gasteiger partial charge in [0.15, 0.2) is 9.84 Å². The highest BCUT2D eigenvalue weighted by molar-refractivity contribution is 8.62. The predicted molar refractivity (Wildman–Crippen MR) is 79.9 cm³/mol. The first-order valence-corrected chi connectivity index (χ1v) is 13.6. The van der Waals surface area contributed by atoms with E-state index in [2.05, 4.69) is 24.8 Å². The number of hydrogen-bond donors (Lipinski definition) is 0. The van der Waals surface area contributed by atoms with E-state index in [1.807, 2.05) is 0 Å². The monoisotopic (exact) mass is 304 g/mol. The van der Waals surface area contributed by atoms with Crippen LogP contribution in [0.1, 0.15) is 32.6 Å². The van der Waals surface area contributed by atoms with Crippen molar-refractivity contribution in [3.8, 4) is 0 Å². The van der Waals surface area contributed by atoms with Gasteiger partial charge in [0, 0.05) is 0 Å². The third-order valence-electron chi connectivity index (χ3n) is 2.90. The summed E-state index contributed by atoms with van der Waals surface area (Å²) in [7, 11) is 3.01. The Labute approximate surface area is 101 Å². The molecule has 0 aliphatic carbocycles. The molecule has 1 rings (SSSR count). The Hall–Kier alpha value is 1.67. The van der Waals surface area contributed by atoms with Crippen LogP contribution < -0.4 is 0 Å². The molecule has 0 radical (unpaired) electrons. The van der Waals surface area contributed by atoms with Crippen molar-refractivity contribution in [2.45, 2.75) is 37.6 Å². The SMILES string of the molecule is CCCC[C@H]1CCS(=O)(=O)[C@H]1P(P)PP. The van der Waals surface area contributed by atoms with Crippen molar-refractivity contribution in [2.75, 3.05) is 5.75 Å². The van der Waals surface area contributed by atoms with Crippen molar-refractivity contribution in [1.82, 2.24) is 0 Å². The lowest BCUT2D eigenvalue weighted by Crippen LogP contribution is -2.17. The normalized spacial score (nSPS) is 32.5. The van der Waals surface area contributed by atoms with Crippen LogP contribution in [-0.2, 0) is 9.84 Å². The second kappa shape index (κ2) is 6.56. The third-order valence-corrected chi connectivity index (χ3v) is 18.3. The first-order valence-electron chi connectivity index (χ1n) is 5.24. The fourth-order valence-electron chi connectivity index (χ4n) is 2.10. The quantitative estimate of drug-likeness (QED) is 0.727. The van der Waals surface area contributed by atoms with Gasteiger partial charge >= 0.3 is 0 Å². The fourth-order valence-corrected chi connectivity index (χ4v) is 14.3. The zero-order valence-corrected chi connectivity index (χ0v) is 14.0. The van der Waals surface area contributed by atoms with Gasteiger partial charge < -0.3 is 0 Å². The van der Waals surface area contributed by atoms with Gasteiger partial charge in [0.2, 0.25) is 0 Å². The van der Waals surface area contributed by atoms with Crippen LogP contribution >= 0.6 is 33.1 Å². The average molecular weight is 304 g/mol. The van der Waals surface area contributed by atoms with Gasteiger partial charge in [0.1, 0.15) is 0 Å². The van der Waals surface area contributed by atoms with E-state index in [9.17, 15) is 8.42 Å². The van der Waals surface area contributed by atoms with E-state index in [1.54, 1.807) is 0 Å². The van der Waals surface area contributed by atoms with Crippen molar-refractivity contribution in [1.29, 1.82) is 0 Å². The molecule has 1 saturated heterocycles. The molecule has 4 unspecified atom stereocenters. The summed E-state index contributed by atoms with van der Waals surface area (Å²) in [4.78, 5) is -0.0279. The standard InChI is InChI=1S/C8H20O2P4S/c1-2-3-4-7-5-6-15(9,10)8(7)14(12)13-11/h7-8,13H,2-6,11-12H2,1H3/t7-,8+,14?/m0/s1. The minimum Gasteiger partial charge on any atom is -0.228 e. The van der Waals surface area contributed by atoms with Crippen molar-refractivity contribution in [2.24, 2.45) is 5.92 Å². The molecule has 0 aromatic carbocycles. The van der Waals surface area contributed by atoms with Gasteiger partial charge in [-0.2, -0.15) is 0 Å². The topological polar surface area (TPSA) is 34.1 Å². The Balaban J connectivity index is 2.73. The molecule has 15 heavy (non-hydrogen) atoms. The van der Waals surface area contributed by atoms with E-state index in [-0.39, 0.29) is 4.99 Å². The molecule has 0 aromatic heterocycles. The van der Waals surface area contributed by atoms with Crippen LogP contribution in [0.5, 0.6) is 0 Å². The van der Waals surface area contributed by atoms with E-state index < -0.39 is 17.1 Å². The number of hydrogen-bond acceptors (Lipinski definition) is 2. The molecule has 7 heteroatoms. The van der Waals surface area contributed by atoms with Gasteiger partial charge in [0.25, 0.3) is 0 Å². The van der Waals surface area contributed by atoms with Crippen LogP contribution in [-0.4, -0.2) is 19.2 Å². The van der Waals surface area contributed by atoms with Gasteiger partial charge in [-0.05, 0) is 26.1 Å². The average Bonchev–Trinajstić information content (AvgIpc) is 2.50. The highest BCUT2D eigenvalue weighted by atomic mass is 32.6. The largest absolute Gasteiger partial charge is 0.228 e. The highest BCUT2D eigenvalue weighted by Crippen LogP contribution is 2.73. The van der Waals surface area contributed by atoms with Crippen LogP contribution in [0.4, 0.5) is 0 Å². The summed E-state index contributed by atoms with van der Waals surface area (Å²) in [6, 6.07) is 0. The number of sulfone groups is 1. The lowest BCUT2D eigenvalue weighted by molar-refractivity contribution is 0.499. The number of unbranched alkanes of at least 4 members (excludes halogenated alkanes) is 1. The fraction of sp³-hybridized carbons (Fsp3) is 1.00. The van der Waals surface area contributed by atoms with E-state index in [0.717, 1.165) is 12.8 Å². The first kappa shape index (κ1) is 14.7. The van der Waals surface area contributed by atoms with Gasteiger partial charge in [-0.25, -0.2) is 8.42 Å². The maximum Gasteiger partial charge on any atom is 0.158 e. The van der Waals surface area contributed by atoms with Gasteiger partial charge in [-0.3, -0.25) is 0 Å². The molecule has 1 heterocycles. The zero-order chi connectivity index (χ0) is 11.5. The Kier molecular flexibility index (Phi) is 6.44. The molecule has 0 amide bonds. The minimum absolute atomic E-state index is 0.0279. The van der Waals surface area contributed by atoms with Crippen LogP contribution in [0, 0.1) is 5.92 Å². The molecule has 1 fully saturated rings. The molecule has 90 valence electrons. The van der Waals surface area contributed by atoms with Crippen molar-refractivity contribution in [3.63, 3.8) is 0 Å². The maximum absolute atomic E-state index is 11.9. The highest BCUT2D eigenvalue weighted by Gasteiger charge is 2.42. The molecule has 0 bridgehead atoms. The van der Waals surface area contributed by atoms with Crippen LogP contribution in [0.25, 0.3) is 0 Å². The summed E-state index contributed by atoms with van der Waals surface area (Å²) in [6.07, 6.45) is 4.34. The molecule has 0 aromatic rings. The van der Waals surface area contributed by atoms with Crippen LogP contribution in [0.15, 0.2) is 0 Å². The molecule has 0 saturated carbocycles. The second-order valence-corrected chi connectivity index (χ2v) is 16.1. The summed E-state index contributed by atoms with van der Waals surface area (Å²) < 4.78 is 23.9. The van der Waals surface area contributed by atoms with Crippen molar-refractivity contribution in [3.05, 3.63) is 0 Å². The Morgan fingerprint density at radius 3 is 2.73 bits per heavy atom. The Bertz CT molecular complexity index is 293. The zero-order valence-electron chi connectivity index (χ0n) is 9.02. The predicted octanol–water partition coefficient (Wildman–Crippen LogP) is 3.59. The summed E-state index contributed by atoms with van der Waals surface area (Å²) in [5.41, 5.74) is 0. The first-order chi connectivity index (χ1) is 7.03. The van der Waals surface area contributed by atoms with E-state index >= 15 is 0 Å². The Morgan fingerprint density at radius 2 is 2.20 bits per heavy atom. The molecule has 0 N–H and O–H groups in total. The summed E-state index contributed by atoms with van der Waals surface area (Å²) in [6.45, 7) is 2.17. The van der Waals surface area contributed by atoms with Crippen molar-refractivity contribution >= 4 is 43.0 Å². The van der Waals surface area contributed by atoms with Crippen LogP contribution in [0.3, 0.4) is 0 Å². The van der Waals surface area contributed by atoms with Crippen molar-refractivity contribution < 1.29 is 8.42 Å². The van der Waals surface area contributed by atoms with Gasteiger partial charge in [-0.15, -0.1) is 17.9 Å². The summed E-state index contributed by atoms with van der Waals surface area (Å²) in [5, 5.41) is 0. The van der Waals surface area contributed by atoms with Gasteiger partial charge in [0.05, 0.1) is 10.7 Å². The number of rotatable bonds is 5. The maximum atomic E-state index is 11.9. The Morgan fingerprint density at radius 1 is 1.53 bits per heavy atom. The molecule has 0 spiro atoms. The van der Waals surface area contributed by atoms with Gasteiger partial charge in [-0.1, -0.05) is 27.7 Å². The molecule has 1 aliphatic heterocycles. The molecular weight excluding hydrogens is 284 g/mol. The van der Waals surface area contributed by atoms with E-state index in [0.29, 0.717) is 19.6 Å².